The second-order valence-corrected chi connectivity index (χ2v) is 17.5. The number of nitrogens with one attached hydrogen (secondary N) is 5. The predicted molar refractivity (Wildman–Crippen MR) is 257 cm³/mol. The number of hydrogen-bond donors (Lipinski definition) is 8. The molecule has 0 saturated carbocycles. The van der Waals surface area contributed by atoms with E-state index in [0.717, 1.165) is 6.20 Å². The SMILES string of the molecule is CC(C)(N)CO.CN(C)c1[nH]c(=O)c(-c2cc(Cl)ccc2F)cc1Nc1ccncc1C(=O)NC(C)(C)CO.CN(C)c1[nH]c(=O)c(-c2cc(Cl)ccc2F)cc1Nc1ccncc1C(=O)[O-].[Li+]. The first-order chi connectivity index (χ1) is 31.4. The molecule has 17 nitrogen and oxygen atoms in total. The monoisotopic (exact) mass is 970 g/mol. The molecule has 0 aliphatic heterocycles. The number of aromatic carboxylic acids is 1. The summed E-state index contributed by atoms with van der Waals surface area (Å²) < 4.78 is 28.8. The topological polar surface area (TPSA) is 258 Å². The zero-order valence-corrected chi connectivity index (χ0v) is 40.3. The maximum Gasteiger partial charge on any atom is 1.00 e. The van der Waals surface area contributed by atoms with Gasteiger partial charge in [-0.25, -0.2) is 8.78 Å². The Labute approximate surface area is 412 Å². The zero-order chi connectivity index (χ0) is 50.0. The number of pyridine rings is 4. The maximum absolute atomic E-state index is 14.5. The first-order valence-corrected chi connectivity index (χ1v) is 20.9. The normalized spacial score (nSPS) is 10.9. The molecule has 2 aromatic carbocycles. The van der Waals surface area contributed by atoms with Crippen molar-refractivity contribution in [2.45, 2.75) is 38.8 Å². The summed E-state index contributed by atoms with van der Waals surface area (Å²) in [5.74, 6) is -2.27. The second-order valence-electron chi connectivity index (χ2n) is 16.6. The molecule has 0 unspecified atom stereocenters. The number of aromatic nitrogens is 4. The van der Waals surface area contributed by atoms with Crippen LogP contribution >= 0.6 is 23.2 Å². The average Bonchev–Trinajstić information content (AvgIpc) is 3.26. The fraction of sp³-hybridized carbons (Fsp3) is 0.261. The van der Waals surface area contributed by atoms with E-state index in [0.29, 0.717) is 28.7 Å². The molecular formula is C46H51Cl2F2LiN10O7. The van der Waals surface area contributed by atoms with Gasteiger partial charge in [-0.15, -0.1) is 0 Å². The first kappa shape index (κ1) is 56.0. The molecule has 0 saturated heterocycles. The van der Waals surface area contributed by atoms with Gasteiger partial charge in [0.1, 0.15) is 23.3 Å². The molecule has 9 N–H and O–H groups in total. The van der Waals surface area contributed by atoms with E-state index in [1.807, 2.05) is 0 Å². The Kier molecular flexibility index (Phi) is 19.9. The molecule has 356 valence electrons. The van der Waals surface area contributed by atoms with E-state index in [4.69, 9.17) is 34.0 Å². The van der Waals surface area contributed by atoms with Crippen LogP contribution in [0.15, 0.2) is 95.0 Å². The molecule has 0 spiro atoms. The molecule has 0 bridgehead atoms. The third kappa shape index (κ3) is 15.1. The quantitative estimate of drug-likeness (QED) is 0.0775. The summed E-state index contributed by atoms with van der Waals surface area (Å²) in [7, 11) is 6.87. The Hall–Kier alpha value is -6.30. The molecule has 0 aliphatic rings. The minimum Gasteiger partial charge on any atom is -0.545 e. The summed E-state index contributed by atoms with van der Waals surface area (Å²) in [5.41, 5.74) is 4.68. The Morgan fingerprint density at radius 3 is 1.46 bits per heavy atom. The first-order valence-electron chi connectivity index (χ1n) is 20.1. The molecule has 22 heteroatoms. The van der Waals surface area contributed by atoms with E-state index in [-0.39, 0.29) is 81.2 Å². The van der Waals surface area contributed by atoms with Crippen LogP contribution in [0.5, 0.6) is 0 Å². The number of carboxylic acid groups (broad SMARTS) is 1. The number of aromatic amines is 2. The number of rotatable bonds is 13. The van der Waals surface area contributed by atoms with Crippen LogP contribution < -0.4 is 66.6 Å². The average molecular weight is 972 g/mol. The molecule has 68 heavy (non-hydrogen) atoms. The number of hydrogen-bond acceptors (Lipinski definition) is 14. The van der Waals surface area contributed by atoms with Crippen molar-refractivity contribution in [1.82, 2.24) is 25.3 Å². The summed E-state index contributed by atoms with van der Waals surface area (Å²) in [4.78, 5) is 66.0. The predicted octanol–water partition coefficient (Wildman–Crippen LogP) is 2.66. The van der Waals surface area contributed by atoms with Gasteiger partial charge >= 0.3 is 18.9 Å². The van der Waals surface area contributed by atoms with Gasteiger partial charge in [0.05, 0.1) is 64.2 Å². The molecule has 6 rings (SSSR count). The number of carbonyl (C=O) groups is 2. The molecule has 4 heterocycles. The molecule has 1 amide bonds. The molecule has 6 aromatic rings. The maximum atomic E-state index is 14.5. The van der Waals surface area contributed by atoms with Crippen molar-refractivity contribution in [3.8, 4) is 22.3 Å². The Morgan fingerprint density at radius 2 is 1.09 bits per heavy atom. The van der Waals surface area contributed by atoms with Crippen LogP contribution in [-0.2, 0) is 0 Å². The van der Waals surface area contributed by atoms with Crippen LogP contribution in [0.2, 0.25) is 10.0 Å². The third-order valence-corrected chi connectivity index (χ3v) is 9.74. The largest absolute Gasteiger partial charge is 1.00 e. The van der Waals surface area contributed by atoms with E-state index < -0.39 is 45.7 Å². The summed E-state index contributed by atoms with van der Waals surface area (Å²) in [6.07, 6.45) is 5.46. The van der Waals surface area contributed by atoms with Crippen molar-refractivity contribution in [1.29, 1.82) is 0 Å². The molecule has 4 aromatic heterocycles. The second kappa shape index (κ2) is 24.1. The number of benzene rings is 2. The van der Waals surface area contributed by atoms with Gasteiger partial charge in [-0.3, -0.25) is 24.4 Å². The van der Waals surface area contributed by atoms with Gasteiger partial charge in [0.15, 0.2) is 0 Å². The van der Waals surface area contributed by atoms with Gasteiger partial charge in [-0.1, -0.05) is 23.2 Å². The Balaban J connectivity index is 0.000000320. The van der Waals surface area contributed by atoms with Gasteiger partial charge in [-0.05, 0) is 88.4 Å². The van der Waals surface area contributed by atoms with Crippen molar-refractivity contribution in [2.24, 2.45) is 5.73 Å². The molecule has 0 radical (unpaired) electrons. The fourth-order valence-electron chi connectivity index (χ4n) is 5.80. The number of carboxylic acids is 1. The van der Waals surface area contributed by atoms with E-state index in [9.17, 15) is 38.2 Å². The van der Waals surface area contributed by atoms with Crippen LogP contribution in [-0.4, -0.2) is 94.5 Å². The number of halogens is 4. The zero-order valence-electron chi connectivity index (χ0n) is 38.8. The third-order valence-electron chi connectivity index (χ3n) is 9.27. The van der Waals surface area contributed by atoms with Crippen LogP contribution in [0.25, 0.3) is 22.3 Å². The van der Waals surface area contributed by atoms with Crippen LogP contribution in [0.4, 0.5) is 43.2 Å². The number of aliphatic hydroxyl groups excluding tert-OH is 2. The fourth-order valence-corrected chi connectivity index (χ4v) is 6.14. The minimum absolute atomic E-state index is 0. The van der Waals surface area contributed by atoms with Crippen molar-refractivity contribution >= 4 is 69.5 Å². The summed E-state index contributed by atoms with van der Waals surface area (Å²) in [5, 5.41) is 38.5. The van der Waals surface area contributed by atoms with Crippen LogP contribution in [0.1, 0.15) is 48.4 Å². The smallest absolute Gasteiger partial charge is 0.545 e. The number of nitrogens with two attached hydrogens (primary N) is 1. The molecular weight excluding hydrogens is 920 g/mol. The molecule has 0 fully saturated rings. The standard InChI is InChI=1S/C23H25ClFN5O3.C19H16ClFN4O3.C4H11NO.Li/c1-23(2,12-31)29-22(33)16-11-26-8-7-18(16)27-19-10-15(21(32)28-20(19)30(3)4)14-9-13(24)5-6-17(14)25;1-25(2)17-16(23-15-5-6-22-9-13(15)19(27)28)8-12(18(26)24-17)11-7-10(20)3-4-14(11)21;1-4(2,5)3-6;/h5-11,31H,12H2,1-4H3,(H,26,27)(H,28,32)(H,29,33);3-9H,1-2H3,(H,22,23)(H,24,26)(H,27,28);6H,3,5H2,1-2H3;/q;;;+1/p-1. The van der Waals surface area contributed by atoms with Gasteiger partial charge in [0.2, 0.25) is 0 Å². The van der Waals surface area contributed by atoms with Crippen LogP contribution in [0, 0.1) is 11.6 Å². The van der Waals surface area contributed by atoms with Gasteiger partial charge in [-0.2, -0.15) is 0 Å². The van der Waals surface area contributed by atoms with E-state index in [1.54, 1.807) is 71.8 Å². The van der Waals surface area contributed by atoms with E-state index in [2.05, 4.69) is 35.9 Å². The van der Waals surface area contributed by atoms with Crippen molar-refractivity contribution in [3.63, 3.8) is 0 Å². The number of aliphatic hydroxyl groups is 2. The molecule has 0 aliphatic carbocycles. The number of H-pyrrole nitrogens is 2. The number of amides is 1. The van der Waals surface area contributed by atoms with Crippen molar-refractivity contribution < 1.29 is 52.6 Å². The van der Waals surface area contributed by atoms with Crippen molar-refractivity contribution in [2.75, 3.05) is 61.8 Å². The van der Waals surface area contributed by atoms with E-state index in [1.165, 1.54) is 73.2 Å². The summed E-state index contributed by atoms with van der Waals surface area (Å²) >= 11 is 12.0. The Morgan fingerprint density at radius 1 is 0.691 bits per heavy atom. The van der Waals surface area contributed by atoms with Crippen LogP contribution in [0.3, 0.4) is 0 Å². The molecule has 0 atom stereocenters. The van der Waals surface area contributed by atoms with Gasteiger partial charge in [0, 0.05) is 85.3 Å². The number of nitrogens with zero attached hydrogens (tertiary/aromatic N) is 4. The van der Waals surface area contributed by atoms with Gasteiger partial charge < -0.3 is 61.6 Å². The summed E-state index contributed by atoms with van der Waals surface area (Å²) in [6.45, 7) is 6.71. The van der Waals surface area contributed by atoms with Crippen molar-refractivity contribution in [3.05, 3.63) is 139 Å². The number of anilines is 6. The summed E-state index contributed by atoms with van der Waals surface area (Å²) in [6, 6.07) is 13.9. The van der Waals surface area contributed by atoms with E-state index >= 15 is 0 Å². The van der Waals surface area contributed by atoms with Gasteiger partial charge in [0.25, 0.3) is 17.0 Å². The Bertz CT molecular complexity index is 2860. The minimum atomic E-state index is -1.41. The number of carbonyl (C=O) groups excluding carboxylic acids is 2.